The van der Waals surface area contributed by atoms with Crippen molar-refractivity contribution in [3.63, 3.8) is 0 Å². The maximum atomic E-state index is 13.1. The van der Waals surface area contributed by atoms with E-state index in [1.807, 2.05) is 0 Å². The number of hydrogen-bond donors (Lipinski definition) is 6. The van der Waals surface area contributed by atoms with Crippen molar-refractivity contribution in [1.29, 1.82) is 0 Å². The number of nitrogens with two attached hydrogens (primary N) is 2. The van der Waals surface area contributed by atoms with E-state index in [0.29, 0.717) is 18.4 Å². The van der Waals surface area contributed by atoms with Crippen LogP contribution in [-0.2, 0) is 35.2 Å². The topological polar surface area (TPSA) is 222 Å². The molecule has 8 N–H and O–H groups in total. The lowest BCUT2D eigenvalue weighted by Gasteiger charge is -2.28. The second-order valence-corrected chi connectivity index (χ2v) is 8.55. The molecule has 0 aliphatic carbocycles. The molecule has 0 aromatic heterocycles. The summed E-state index contributed by atoms with van der Waals surface area (Å²) in [5, 5.41) is 23.0. The zero-order chi connectivity index (χ0) is 26.8. The minimum atomic E-state index is -1.58. The Labute approximate surface area is 207 Å². The number of rotatable bonds is 13. The van der Waals surface area contributed by atoms with Gasteiger partial charge in [-0.2, -0.15) is 0 Å². The maximum Gasteiger partial charge on any atom is 0.326 e. The highest BCUT2D eigenvalue weighted by molar-refractivity contribution is 5.95. The molecule has 0 spiro atoms. The average Bonchev–Trinajstić information content (AvgIpc) is 3.31. The second-order valence-electron chi connectivity index (χ2n) is 8.55. The fourth-order valence-corrected chi connectivity index (χ4v) is 3.92. The molecule has 4 amide bonds. The molecule has 13 heteroatoms. The number of likely N-dealkylation sites (tertiary alicyclic amines) is 1. The van der Waals surface area contributed by atoms with Crippen molar-refractivity contribution in [1.82, 2.24) is 15.5 Å². The molecule has 196 valence electrons. The van der Waals surface area contributed by atoms with E-state index in [2.05, 4.69) is 10.6 Å². The quantitative estimate of drug-likeness (QED) is 0.180. The van der Waals surface area contributed by atoms with Crippen LogP contribution in [0.4, 0.5) is 0 Å². The van der Waals surface area contributed by atoms with Crippen LogP contribution in [0.15, 0.2) is 30.3 Å². The van der Waals surface area contributed by atoms with E-state index in [0.717, 1.165) is 0 Å². The van der Waals surface area contributed by atoms with Gasteiger partial charge in [-0.1, -0.05) is 30.3 Å². The van der Waals surface area contributed by atoms with Gasteiger partial charge in [0.1, 0.15) is 18.1 Å². The lowest BCUT2D eigenvalue weighted by molar-refractivity contribution is -0.144. The third-order valence-corrected chi connectivity index (χ3v) is 5.76. The number of carboxylic acids is 2. The van der Waals surface area contributed by atoms with E-state index in [-0.39, 0.29) is 25.8 Å². The highest BCUT2D eigenvalue weighted by Gasteiger charge is 2.38. The predicted octanol–water partition coefficient (Wildman–Crippen LogP) is -1.66. The van der Waals surface area contributed by atoms with Crippen LogP contribution in [0.3, 0.4) is 0 Å². The largest absolute Gasteiger partial charge is 0.481 e. The van der Waals surface area contributed by atoms with E-state index in [1.165, 1.54) is 4.90 Å². The van der Waals surface area contributed by atoms with Gasteiger partial charge in [0, 0.05) is 19.4 Å². The Balaban J connectivity index is 2.17. The fraction of sp³-hybridized carbons (Fsp3) is 0.478. The van der Waals surface area contributed by atoms with Gasteiger partial charge in [-0.05, 0) is 24.8 Å². The van der Waals surface area contributed by atoms with Gasteiger partial charge in [0.25, 0.3) is 0 Å². The lowest BCUT2D eigenvalue weighted by atomic mass is 10.0. The summed E-state index contributed by atoms with van der Waals surface area (Å²) in [6.07, 6.45) is -0.194. The van der Waals surface area contributed by atoms with Gasteiger partial charge in [-0.25, -0.2) is 4.79 Å². The Morgan fingerprint density at radius 2 is 1.69 bits per heavy atom. The molecule has 1 fully saturated rings. The van der Waals surface area contributed by atoms with Crippen LogP contribution in [0.1, 0.15) is 37.7 Å². The smallest absolute Gasteiger partial charge is 0.326 e. The molecule has 1 aromatic carbocycles. The predicted molar refractivity (Wildman–Crippen MR) is 125 cm³/mol. The Hall–Kier alpha value is -4.00. The number of hydrogen-bond acceptors (Lipinski definition) is 7. The zero-order valence-electron chi connectivity index (χ0n) is 19.6. The van der Waals surface area contributed by atoms with Gasteiger partial charge in [0.2, 0.25) is 23.6 Å². The van der Waals surface area contributed by atoms with E-state index >= 15 is 0 Å². The van der Waals surface area contributed by atoms with Crippen LogP contribution in [0.25, 0.3) is 0 Å². The van der Waals surface area contributed by atoms with Crippen molar-refractivity contribution in [2.45, 2.75) is 62.7 Å². The average molecular weight is 506 g/mol. The van der Waals surface area contributed by atoms with Gasteiger partial charge >= 0.3 is 11.9 Å². The van der Waals surface area contributed by atoms with Crippen molar-refractivity contribution < 1.29 is 39.0 Å². The summed E-state index contributed by atoms with van der Waals surface area (Å²) in [4.78, 5) is 73.6. The molecule has 2 rings (SSSR count). The third-order valence-electron chi connectivity index (χ3n) is 5.76. The summed E-state index contributed by atoms with van der Waals surface area (Å²) in [6, 6.07) is 3.84. The molecule has 1 aromatic rings. The maximum absolute atomic E-state index is 13.1. The number of amides is 4. The molecular weight excluding hydrogens is 474 g/mol. The van der Waals surface area contributed by atoms with Crippen molar-refractivity contribution >= 4 is 35.6 Å². The first-order valence-electron chi connectivity index (χ1n) is 11.4. The highest BCUT2D eigenvalue weighted by atomic mass is 16.4. The Morgan fingerprint density at radius 3 is 2.28 bits per heavy atom. The number of aliphatic carboxylic acids is 2. The minimum absolute atomic E-state index is 0.0140. The third kappa shape index (κ3) is 8.34. The molecule has 1 saturated heterocycles. The summed E-state index contributed by atoms with van der Waals surface area (Å²) >= 11 is 0. The summed E-state index contributed by atoms with van der Waals surface area (Å²) in [6.45, 7) is 0.243. The van der Waals surface area contributed by atoms with Crippen LogP contribution in [0, 0.1) is 0 Å². The van der Waals surface area contributed by atoms with Crippen LogP contribution in [0.2, 0.25) is 0 Å². The Bertz CT molecular complexity index is 986. The first-order chi connectivity index (χ1) is 17.0. The zero-order valence-corrected chi connectivity index (χ0v) is 19.6. The molecule has 0 bridgehead atoms. The number of benzene rings is 1. The number of carbonyl (C=O) groups excluding carboxylic acids is 4. The van der Waals surface area contributed by atoms with Gasteiger partial charge < -0.3 is 37.2 Å². The van der Waals surface area contributed by atoms with Gasteiger partial charge in [-0.3, -0.25) is 24.0 Å². The van der Waals surface area contributed by atoms with Crippen molar-refractivity contribution in [2.75, 3.05) is 6.54 Å². The fourth-order valence-electron chi connectivity index (χ4n) is 3.92. The summed E-state index contributed by atoms with van der Waals surface area (Å²) in [7, 11) is 0. The number of primary amides is 1. The van der Waals surface area contributed by atoms with Gasteiger partial charge in [0.05, 0.1) is 12.5 Å². The van der Waals surface area contributed by atoms with Crippen LogP contribution in [0.5, 0.6) is 0 Å². The molecule has 1 aliphatic heterocycles. The molecule has 0 radical (unpaired) electrons. The van der Waals surface area contributed by atoms with Crippen molar-refractivity contribution in [3.8, 4) is 0 Å². The molecule has 0 saturated carbocycles. The number of carbonyl (C=O) groups is 6. The number of nitrogens with one attached hydrogen (secondary N) is 2. The second kappa shape index (κ2) is 13.2. The van der Waals surface area contributed by atoms with Crippen molar-refractivity contribution in [2.24, 2.45) is 11.5 Å². The first-order valence-corrected chi connectivity index (χ1v) is 11.4. The highest BCUT2D eigenvalue weighted by Crippen LogP contribution is 2.20. The van der Waals surface area contributed by atoms with E-state index in [9.17, 15) is 33.9 Å². The SMILES string of the molecule is NC(=O)CC(NC(=O)C(Cc1ccccc1)NC(=O)C1CCCN1C(=O)C(N)CCC(=O)O)C(=O)O. The number of carboxylic acid groups (broad SMARTS) is 2. The van der Waals surface area contributed by atoms with Crippen LogP contribution in [-0.4, -0.2) is 81.4 Å². The van der Waals surface area contributed by atoms with Crippen LogP contribution >= 0.6 is 0 Å². The molecule has 1 aliphatic rings. The standard InChI is InChI=1S/C23H31N5O8/c24-14(8-9-19(30)31)22(34)28-10-4-7-17(28)21(33)26-15(11-13-5-2-1-3-6-13)20(32)27-16(23(35)36)12-18(25)29/h1-3,5-6,14-17H,4,7-12,24H2,(H2,25,29)(H,26,33)(H,27,32)(H,30,31)(H,35,36). The summed E-state index contributed by atoms with van der Waals surface area (Å²) in [5.41, 5.74) is 11.6. The molecule has 4 unspecified atom stereocenters. The Kier molecular flexibility index (Phi) is 10.3. The molecule has 13 nitrogen and oxygen atoms in total. The Morgan fingerprint density at radius 1 is 1.03 bits per heavy atom. The molecule has 1 heterocycles. The van der Waals surface area contributed by atoms with E-state index in [1.54, 1.807) is 30.3 Å². The molecule has 4 atom stereocenters. The summed E-state index contributed by atoms with van der Waals surface area (Å²) < 4.78 is 0. The lowest BCUT2D eigenvalue weighted by Crippen LogP contribution is -2.57. The first kappa shape index (κ1) is 28.2. The molecular formula is C23H31N5O8. The number of nitrogens with zero attached hydrogens (tertiary/aromatic N) is 1. The van der Waals surface area contributed by atoms with Crippen molar-refractivity contribution in [3.05, 3.63) is 35.9 Å². The minimum Gasteiger partial charge on any atom is -0.481 e. The summed E-state index contributed by atoms with van der Waals surface area (Å²) in [5.74, 6) is -5.52. The van der Waals surface area contributed by atoms with Crippen LogP contribution < -0.4 is 22.1 Å². The monoisotopic (exact) mass is 505 g/mol. The normalized spacial score (nSPS) is 17.5. The van der Waals surface area contributed by atoms with E-state index < -0.39 is 66.2 Å². The van der Waals surface area contributed by atoms with Gasteiger partial charge in [-0.15, -0.1) is 0 Å². The van der Waals surface area contributed by atoms with Gasteiger partial charge in [0.15, 0.2) is 0 Å². The molecule has 36 heavy (non-hydrogen) atoms. The van der Waals surface area contributed by atoms with E-state index in [4.69, 9.17) is 16.6 Å².